The normalized spacial score (nSPS) is 10.7. The Kier molecular flexibility index (Phi) is 1.81. The zero-order chi connectivity index (χ0) is 10.3. The van der Waals surface area contributed by atoms with Crippen molar-refractivity contribution in [3.8, 4) is 0 Å². The molecule has 2 aromatic rings. The van der Waals surface area contributed by atoms with E-state index < -0.39 is 0 Å². The van der Waals surface area contributed by atoms with Crippen molar-refractivity contribution >= 4 is 16.6 Å². The molecule has 0 aliphatic carbocycles. The molecule has 2 rings (SSSR count). The number of nitrogens with two attached hydrogens (primary N) is 1. The largest absolute Gasteiger partial charge is 0.398 e. The summed E-state index contributed by atoms with van der Waals surface area (Å²) in [7, 11) is 0. The van der Waals surface area contributed by atoms with Gasteiger partial charge in [0.1, 0.15) is 0 Å². The van der Waals surface area contributed by atoms with E-state index in [0.29, 0.717) is 5.56 Å². The van der Waals surface area contributed by atoms with Crippen LogP contribution in [0.15, 0.2) is 23.0 Å². The molecule has 72 valence electrons. The van der Waals surface area contributed by atoms with E-state index in [-0.39, 0.29) is 5.56 Å². The van der Waals surface area contributed by atoms with Gasteiger partial charge in [-0.3, -0.25) is 4.79 Å². The molecule has 1 heterocycles. The molecule has 0 radical (unpaired) electrons. The molecule has 3 N–H and O–H groups in total. The number of H-pyrrole nitrogens is 1. The predicted octanol–water partition coefficient (Wildman–Crippen LogP) is 1.73. The molecule has 0 unspecified atom stereocenters. The first-order chi connectivity index (χ1) is 6.59. The second kappa shape index (κ2) is 2.87. The smallest absolute Gasteiger partial charge is 0.251 e. The Bertz CT molecular complexity index is 555. The number of aromatic nitrogens is 1. The van der Waals surface area contributed by atoms with E-state index in [9.17, 15) is 4.79 Å². The van der Waals surface area contributed by atoms with Crippen LogP contribution in [0.5, 0.6) is 0 Å². The van der Waals surface area contributed by atoms with E-state index >= 15 is 0 Å². The van der Waals surface area contributed by atoms with Crippen LogP contribution in [-0.4, -0.2) is 4.98 Å². The van der Waals surface area contributed by atoms with Crippen molar-refractivity contribution < 1.29 is 0 Å². The van der Waals surface area contributed by atoms with Gasteiger partial charge in [-0.15, -0.1) is 0 Å². The molecular weight excluding hydrogens is 176 g/mol. The summed E-state index contributed by atoms with van der Waals surface area (Å²) in [5.74, 6) is 0. The average molecular weight is 188 g/mol. The van der Waals surface area contributed by atoms with Gasteiger partial charge < -0.3 is 10.7 Å². The number of anilines is 1. The molecule has 1 aromatic carbocycles. The number of aryl methyl sites for hydroxylation is 2. The fourth-order valence-electron chi connectivity index (χ4n) is 1.51. The number of fused-ring (bicyclic) bond motifs is 1. The fraction of sp³-hybridized carbons (Fsp3) is 0.182. The third-order valence-electron chi connectivity index (χ3n) is 2.47. The van der Waals surface area contributed by atoms with Crippen molar-refractivity contribution in [3.63, 3.8) is 0 Å². The summed E-state index contributed by atoms with van der Waals surface area (Å²) in [4.78, 5) is 14.1. The summed E-state index contributed by atoms with van der Waals surface area (Å²) in [5.41, 5.74) is 9.11. The maximum Gasteiger partial charge on any atom is 0.251 e. The van der Waals surface area contributed by atoms with Crippen LogP contribution in [0.2, 0.25) is 0 Å². The highest BCUT2D eigenvalue weighted by Crippen LogP contribution is 2.22. The molecule has 0 atom stereocenters. The standard InChI is InChI=1S/C11H12N2O/c1-6-3-4-9-8(10(6)12)5-7(2)11(14)13-9/h3-5H,12H2,1-2H3,(H,13,14). The quantitative estimate of drug-likeness (QED) is 0.618. The highest BCUT2D eigenvalue weighted by Gasteiger charge is 2.03. The van der Waals surface area contributed by atoms with Gasteiger partial charge in [-0.05, 0) is 31.5 Å². The summed E-state index contributed by atoms with van der Waals surface area (Å²) >= 11 is 0. The Morgan fingerprint density at radius 2 is 1.93 bits per heavy atom. The topological polar surface area (TPSA) is 58.9 Å². The summed E-state index contributed by atoms with van der Waals surface area (Å²) in [6.45, 7) is 3.73. The van der Waals surface area contributed by atoms with Crippen molar-refractivity contribution in [2.45, 2.75) is 13.8 Å². The highest BCUT2D eigenvalue weighted by atomic mass is 16.1. The molecule has 0 aliphatic heterocycles. The molecule has 14 heavy (non-hydrogen) atoms. The van der Waals surface area contributed by atoms with Gasteiger partial charge in [-0.25, -0.2) is 0 Å². The maximum atomic E-state index is 11.3. The lowest BCUT2D eigenvalue weighted by Gasteiger charge is -2.05. The number of pyridine rings is 1. The van der Waals surface area contributed by atoms with Gasteiger partial charge in [0.15, 0.2) is 0 Å². The molecule has 1 aromatic heterocycles. The zero-order valence-electron chi connectivity index (χ0n) is 8.22. The Labute approximate surface area is 81.6 Å². The van der Waals surface area contributed by atoms with Gasteiger partial charge in [0.2, 0.25) is 0 Å². The molecule has 3 heteroatoms. The van der Waals surface area contributed by atoms with Crippen molar-refractivity contribution in [1.29, 1.82) is 0 Å². The molecule has 0 aliphatic rings. The maximum absolute atomic E-state index is 11.3. The number of rotatable bonds is 0. The van der Waals surface area contributed by atoms with Gasteiger partial charge in [0.25, 0.3) is 5.56 Å². The zero-order valence-corrected chi connectivity index (χ0v) is 8.22. The van der Waals surface area contributed by atoms with E-state index in [1.165, 1.54) is 0 Å². The first-order valence-corrected chi connectivity index (χ1v) is 4.48. The van der Waals surface area contributed by atoms with Crippen molar-refractivity contribution in [2.24, 2.45) is 0 Å². The second-order valence-corrected chi connectivity index (χ2v) is 3.54. The second-order valence-electron chi connectivity index (χ2n) is 3.54. The number of aromatic amines is 1. The molecule has 0 fully saturated rings. The summed E-state index contributed by atoms with van der Waals surface area (Å²) < 4.78 is 0. The molecule has 0 bridgehead atoms. The molecule has 0 saturated heterocycles. The van der Waals surface area contributed by atoms with E-state index in [1.807, 2.05) is 25.1 Å². The first kappa shape index (κ1) is 8.81. The Morgan fingerprint density at radius 3 is 2.64 bits per heavy atom. The Balaban J connectivity index is 2.97. The van der Waals surface area contributed by atoms with Gasteiger partial charge in [0, 0.05) is 16.6 Å². The average Bonchev–Trinajstić information content (AvgIpc) is 2.15. The number of nitrogens with one attached hydrogen (secondary N) is 1. The monoisotopic (exact) mass is 188 g/mol. The van der Waals surface area contributed by atoms with Crippen molar-refractivity contribution in [3.05, 3.63) is 39.7 Å². The van der Waals surface area contributed by atoms with Crippen LogP contribution in [0, 0.1) is 13.8 Å². The fourth-order valence-corrected chi connectivity index (χ4v) is 1.51. The molecule has 0 saturated carbocycles. The third-order valence-corrected chi connectivity index (χ3v) is 2.47. The minimum atomic E-state index is -0.0549. The minimum Gasteiger partial charge on any atom is -0.398 e. The van der Waals surface area contributed by atoms with Crippen LogP contribution in [0.3, 0.4) is 0 Å². The van der Waals surface area contributed by atoms with Crippen molar-refractivity contribution in [1.82, 2.24) is 4.98 Å². The number of hydrogen-bond donors (Lipinski definition) is 2. The van der Waals surface area contributed by atoms with Gasteiger partial charge in [-0.1, -0.05) is 6.07 Å². The molecule has 3 nitrogen and oxygen atoms in total. The van der Waals surface area contributed by atoms with E-state index in [4.69, 9.17) is 5.73 Å². The summed E-state index contributed by atoms with van der Waals surface area (Å²) in [6.07, 6.45) is 0. The van der Waals surface area contributed by atoms with E-state index in [1.54, 1.807) is 6.92 Å². The number of nitrogen functional groups attached to an aromatic ring is 1. The summed E-state index contributed by atoms with van der Waals surface area (Å²) in [6, 6.07) is 5.61. The summed E-state index contributed by atoms with van der Waals surface area (Å²) in [5, 5.41) is 0.919. The van der Waals surface area contributed by atoms with Crippen LogP contribution in [0.25, 0.3) is 10.9 Å². The third kappa shape index (κ3) is 1.18. The van der Waals surface area contributed by atoms with Gasteiger partial charge in [0.05, 0.1) is 5.52 Å². The van der Waals surface area contributed by atoms with Crippen LogP contribution in [0.4, 0.5) is 5.69 Å². The Hall–Kier alpha value is -1.77. The van der Waals surface area contributed by atoms with Gasteiger partial charge >= 0.3 is 0 Å². The lowest BCUT2D eigenvalue weighted by molar-refractivity contribution is 1.23. The van der Waals surface area contributed by atoms with E-state index in [2.05, 4.69) is 4.98 Å². The Morgan fingerprint density at radius 1 is 1.21 bits per heavy atom. The van der Waals surface area contributed by atoms with Crippen molar-refractivity contribution in [2.75, 3.05) is 5.73 Å². The SMILES string of the molecule is Cc1ccc2[nH]c(=O)c(C)cc2c1N. The van der Waals surface area contributed by atoms with Crippen LogP contribution >= 0.6 is 0 Å². The first-order valence-electron chi connectivity index (χ1n) is 4.48. The number of hydrogen-bond acceptors (Lipinski definition) is 2. The predicted molar refractivity (Wildman–Crippen MR) is 58.5 cm³/mol. The molecule has 0 amide bonds. The highest BCUT2D eigenvalue weighted by molar-refractivity contribution is 5.92. The lowest BCUT2D eigenvalue weighted by atomic mass is 10.1. The molecule has 0 spiro atoms. The van der Waals surface area contributed by atoms with Crippen LogP contribution < -0.4 is 11.3 Å². The van der Waals surface area contributed by atoms with Crippen LogP contribution in [-0.2, 0) is 0 Å². The minimum absolute atomic E-state index is 0.0549. The van der Waals surface area contributed by atoms with Crippen LogP contribution in [0.1, 0.15) is 11.1 Å². The number of benzene rings is 1. The van der Waals surface area contributed by atoms with Gasteiger partial charge in [-0.2, -0.15) is 0 Å². The molecular formula is C11H12N2O. The van der Waals surface area contributed by atoms with E-state index in [0.717, 1.165) is 22.2 Å². The lowest BCUT2D eigenvalue weighted by Crippen LogP contribution is -2.09.